The quantitative estimate of drug-likeness (QED) is 0.888. The molecule has 114 valence electrons. The van der Waals surface area contributed by atoms with E-state index >= 15 is 0 Å². The number of benzene rings is 1. The summed E-state index contributed by atoms with van der Waals surface area (Å²) in [6, 6.07) is 9.85. The van der Waals surface area contributed by atoms with Crippen LogP contribution >= 0.6 is 0 Å². The lowest BCUT2D eigenvalue weighted by molar-refractivity contribution is -0.142. The van der Waals surface area contributed by atoms with E-state index in [2.05, 4.69) is 0 Å². The summed E-state index contributed by atoms with van der Waals surface area (Å²) in [5.74, 6) is -0.645. The summed E-state index contributed by atoms with van der Waals surface area (Å²) in [6.07, 6.45) is 1.56. The number of likely N-dealkylation sites (tertiary alicyclic amines) is 1. The molecule has 0 saturated carbocycles. The maximum atomic E-state index is 12.2. The monoisotopic (exact) mass is 290 g/mol. The number of carbonyl (C=O) groups is 2. The van der Waals surface area contributed by atoms with Crippen LogP contribution in [0.1, 0.15) is 25.3 Å². The third-order valence-corrected chi connectivity index (χ3v) is 3.94. The second kappa shape index (κ2) is 7.22. The Kier molecular flexibility index (Phi) is 5.33. The van der Waals surface area contributed by atoms with E-state index in [0.717, 1.165) is 18.4 Å². The lowest BCUT2D eigenvalue weighted by Crippen LogP contribution is -2.49. The molecule has 2 unspecified atom stereocenters. The fourth-order valence-electron chi connectivity index (χ4n) is 2.60. The van der Waals surface area contributed by atoms with Gasteiger partial charge in [-0.2, -0.15) is 0 Å². The van der Waals surface area contributed by atoms with E-state index in [0.29, 0.717) is 13.2 Å². The van der Waals surface area contributed by atoms with Crippen molar-refractivity contribution >= 4 is 11.8 Å². The summed E-state index contributed by atoms with van der Waals surface area (Å²) < 4.78 is 5.47. The Bertz CT molecular complexity index is 490. The SMILES string of the molecule is CC1CCC(C(N)=O)CN1C(=O)COCc1ccccc1. The Labute approximate surface area is 125 Å². The van der Waals surface area contributed by atoms with Gasteiger partial charge in [0.05, 0.1) is 12.5 Å². The van der Waals surface area contributed by atoms with Crippen LogP contribution in [0.5, 0.6) is 0 Å². The number of ether oxygens (including phenoxy) is 1. The normalized spacial score (nSPS) is 22.0. The van der Waals surface area contributed by atoms with Crippen LogP contribution in [0, 0.1) is 5.92 Å². The molecule has 5 heteroatoms. The van der Waals surface area contributed by atoms with Crippen LogP contribution in [0.2, 0.25) is 0 Å². The molecule has 1 aliphatic rings. The molecular formula is C16H22N2O3. The average Bonchev–Trinajstić information content (AvgIpc) is 2.48. The predicted molar refractivity (Wildman–Crippen MR) is 79.2 cm³/mol. The van der Waals surface area contributed by atoms with Gasteiger partial charge < -0.3 is 15.4 Å². The number of hydrogen-bond acceptors (Lipinski definition) is 3. The first kappa shape index (κ1) is 15.5. The Morgan fingerprint density at radius 3 is 2.67 bits per heavy atom. The van der Waals surface area contributed by atoms with Crippen molar-refractivity contribution in [1.29, 1.82) is 0 Å². The smallest absolute Gasteiger partial charge is 0.248 e. The van der Waals surface area contributed by atoms with Crippen molar-refractivity contribution in [3.63, 3.8) is 0 Å². The van der Waals surface area contributed by atoms with Gasteiger partial charge >= 0.3 is 0 Å². The van der Waals surface area contributed by atoms with Crippen LogP contribution in [0.25, 0.3) is 0 Å². The van der Waals surface area contributed by atoms with Gasteiger partial charge in [-0.1, -0.05) is 30.3 Å². The fourth-order valence-corrected chi connectivity index (χ4v) is 2.60. The van der Waals surface area contributed by atoms with Crippen LogP contribution < -0.4 is 5.73 Å². The minimum Gasteiger partial charge on any atom is -0.369 e. The molecule has 0 radical (unpaired) electrons. The van der Waals surface area contributed by atoms with Gasteiger partial charge in [0, 0.05) is 12.6 Å². The van der Waals surface area contributed by atoms with Crippen LogP contribution in [-0.2, 0) is 20.9 Å². The van der Waals surface area contributed by atoms with E-state index in [4.69, 9.17) is 10.5 Å². The molecule has 1 saturated heterocycles. The topological polar surface area (TPSA) is 72.6 Å². The molecule has 1 aromatic carbocycles. The standard InChI is InChI=1S/C16H22N2O3/c1-12-7-8-14(16(17)20)9-18(12)15(19)11-21-10-13-5-3-2-4-6-13/h2-6,12,14H,7-11H2,1H3,(H2,17,20). The maximum Gasteiger partial charge on any atom is 0.248 e. The first-order chi connectivity index (χ1) is 10.1. The van der Waals surface area contributed by atoms with E-state index in [-0.39, 0.29) is 30.4 Å². The zero-order valence-electron chi connectivity index (χ0n) is 12.3. The molecular weight excluding hydrogens is 268 g/mol. The molecule has 0 spiro atoms. The summed E-state index contributed by atoms with van der Waals surface area (Å²) in [4.78, 5) is 25.2. The van der Waals surface area contributed by atoms with Crippen LogP contribution in [-0.4, -0.2) is 35.9 Å². The highest BCUT2D eigenvalue weighted by Gasteiger charge is 2.31. The minimum atomic E-state index is -0.329. The molecule has 0 aromatic heterocycles. The van der Waals surface area contributed by atoms with E-state index in [1.54, 1.807) is 4.90 Å². The van der Waals surface area contributed by atoms with Crippen molar-refractivity contribution in [2.45, 2.75) is 32.4 Å². The number of rotatable bonds is 5. The molecule has 1 aliphatic heterocycles. The van der Waals surface area contributed by atoms with Gasteiger partial charge in [0.2, 0.25) is 11.8 Å². The van der Waals surface area contributed by atoms with Gasteiger partial charge in [0.1, 0.15) is 6.61 Å². The molecule has 0 aliphatic carbocycles. The molecule has 0 bridgehead atoms. The van der Waals surface area contributed by atoms with Gasteiger partial charge in [0.25, 0.3) is 0 Å². The summed E-state index contributed by atoms with van der Waals surface area (Å²) in [5.41, 5.74) is 6.38. The first-order valence-electron chi connectivity index (χ1n) is 7.28. The summed E-state index contributed by atoms with van der Waals surface area (Å²) >= 11 is 0. The minimum absolute atomic E-state index is 0.0325. The van der Waals surface area contributed by atoms with Crippen molar-refractivity contribution in [2.24, 2.45) is 11.7 Å². The highest BCUT2D eigenvalue weighted by Crippen LogP contribution is 2.21. The zero-order valence-corrected chi connectivity index (χ0v) is 12.3. The summed E-state index contributed by atoms with van der Waals surface area (Å²) in [5, 5.41) is 0. The zero-order chi connectivity index (χ0) is 15.2. The van der Waals surface area contributed by atoms with E-state index in [1.165, 1.54) is 0 Å². The maximum absolute atomic E-state index is 12.2. The molecule has 2 atom stereocenters. The first-order valence-corrected chi connectivity index (χ1v) is 7.28. The largest absolute Gasteiger partial charge is 0.369 e. The third-order valence-electron chi connectivity index (χ3n) is 3.94. The van der Waals surface area contributed by atoms with Crippen molar-refractivity contribution in [1.82, 2.24) is 4.90 Å². The molecule has 21 heavy (non-hydrogen) atoms. The highest BCUT2D eigenvalue weighted by molar-refractivity contribution is 5.81. The molecule has 2 rings (SSSR count). The van der Waals surface area contributed by atoms with Gasteiger partial charge in [-0.05, 0) is 25.3 Å². The Balaban J connectivity index is 1.82. The number of piperidine rings is 1. The van der Waals surface area contributed by atoms with Crippen molar-refractivity contribution < 1.29 is 14.3 Å². The predicted octanol–water partition coefficient (Wildman–Crippen LogP) is 1.32. The van der Waals surface area contributed by atoms with Crippen molar-refractivity contribution in [2.75, 3.05) is 13.2 Å². The molecule has 1 aromatic rings. The molecule has 2 amide bonds. The Morgan fingerprint density at radius 1 is 1.29 bits per heavy atom. The lowest BCUT2D eigenvalue weighted by Gasteiger charge is -2.36. The third kappa shape index (κ3) is 4.29. The van der Waals surface area contributed by atoms with Crippen molar-refractivity contribution in [3.05, 3.63) is 35.9 Å². The fraction of sp³-hybridized carbons (Fsp3) is 0.500. The molecule has 5 nitrogen and oxygen atoms in total. The second-order valence-electron chi connectivity index (χ2n) is 5.55. The number of amides is 2. The van der Waals surface area contributed by atoms with Crippen LogP contribution in [0.15, 0.2) is 30.3 Å². The highest BCUT2D eigenvalue weighted by atomic mass is 16.5. The Hall–Kier alpha value is -1.88. The molecule has 1 fully saturated rings. The lowest BCUT2D eigenvalue weighted by atomic mass is 9.93. The van der Waals surface area contributed by atoms with E-state index < -0.39 is 0 Å². The van der Waals surface area contributed by atoms with E-state index in [1.807, 2.05) is 37.3 Å². The number of carbonyl (C=O) groups excluding carboxylic acids is 2. The summed E-state index contributed by atoms with van der Waals surface area (Å²) in [6.45, 7) is 2.84. The van der Waals surface area contributed by atoms with Crippen LogP contribution in [0.3, 0.4) is 0 Å². The van der Waals surface area contributed by atoms with Gasteiger partial charge in [-0.25, -0.2) is 0 Å². The van der Waals surface area contributed by atoms with Gasteiger partial charge in [-0.3, -0.25) is 9.59 Å². The second-order valence-corrected chi connectivity index (χ2v) is 5.55. The number of nitrogens with two attached hydrogens (primary N) is 1. The van der Waals surface area contributed by atoms with E-state index in [9.17, 15) is 9.59 Å². The number of hydrogen-bond donors (Lipinski definition) is 1. The van der Waals surface area contributed by atoms with Crippen molar-refractivity contribution in [3.8, 4) is 0 Å². The van der Waals surface area contributed by atoms with Gasteiger partial charge in [0.15, 0.2) is 0 Å². The summed E-state index contributed by atoms with van der Waals surface area (Å²) in [7, 11) is 0. The molecule has 2 N–H and O–H groups in total. The Morgan fingerprint density at radius 2 is 2.00 bits per heavy atom. The average molecular weight is 290 g/mol. The number of nitrogens with zero attached hydrogens (tertiary/aromatic N) is 1. The number of primary amides is 1. The van der Waals surface area contributed by atoms with Gasteiger partial charge in [-0.15, -0.1) is 0 Å². The van der Waals surface area contributed by atoms with Crippen LogP contribution in [0.4, 0.5) is 0 Å². The molecule has 1 heterocycles.